The Morgan fingerprint density at radius 1 is 1.52 bits per heavy atom. The topological polar surface area (TPSA) is 140 Å². The number of primary amides is 1. The van der Waals surface area contributed by atoms with Crippen molar-refractivity contribution in [1.82, 2.24) is 15.2 Å². The van der Waals surface area contributed by atoms with E-state index < -0.39 is 10.8 Å². The van der Waals surface area contributed by atoms with E-state index >= 15 is 0 Å². The number of rotatable bonds is 7. The average Bonchev–Trinajstić information content (AvgIpc) is 2.96. The lowest BCUT2D eigenvalue weighted by Crippen LogP contribution is -2.16. The second-order valence-corrected chi connectivity index (χ2v) is 4.32. The summed E-state index contributed by atoms with van der Waals surface area (Å²) in [5.74, 6) is -0.514. The van der Waals surface area contributed by atoms with Gasteiger partial charge >= 0.3 is 0 Å². The monoisotopic (exact) mass is 290 g/mol. The minimum Gasteiger partial charge on any atom is -0.369 e. The maximum Gasteiger partial charge on any atom is 0.288 e. The lowest BCUT2D eigenvalue weighted by molar-refractivity contribution is -0.385. The highest BCUT2D eigenvalue weighted by molar-refractivity contribution is 5.98. The Hall–Kier alpha value is -2.97. The van der Waals surface area contributed by atoms with Crippen molar-refractivity contribution in [1.29, 1.82) is 0 Å². The molecule has 0 bridgehead atoms. The van der Waals surface area contributed by atoms with Gasteiger partial charge in [0, 0.05) is 24.5 Å². The van der Waals surface area contributed by atoms with Crippen LogP contribution in [0.5, 0.6) is 0 Å². The fourth-order valence-corrected chi connectivity index (χ4v) is 1.79. The molecule has 2 rings (SSSR count). The van der Waals surface area contributed by atoms with Gasteiger partial charge in [-0.1, -0.05) is 0 Å². The molecule has 2 heterocycles. The van der Waals surface area contributed by atoms with Crippen LogP contribution >= 0.6 is 0 Å². The van der Waals surface area contributed by atoms with Gasteiger partial charge in [0.2, 0.25) is 0 Å². The van der Waals surface area contributed by atoms with Gasteiger partial charge in [-0.25, -0.2) is 4.98 Å². The molecular weight excluding hydrogens is 276 g/mol. The number of aryl methyl sites for hydroxylation is 1. The minimum atomic E-state index is -0.762. The standard InChI is InChI=1S/C12H14N6O3/c13-11(19)10-6-9(18(20)21)7-15-12(10)14-4-1-2-8-3-5-16-17-8/h3,5-7H,1-2,4H2,(H2,13,19)(H,14,15)(H,16,17). The van der Waals surface area contributed by atoms with Crippen LogP contribution in [0.2, 0.25) is 0 Å². The molecule has 0 spiro atoms. The maximum atomic E-state index is 11.3. The van der Waals surface area contributed by atoms with Crippen LogP contribution in [0, 0.1) is 10.1 Å². The van der Waals surface area contributed by atoms with Gasteiger partial charge in [0.1, 0.15) is 12.0 Å². The van der Waals surface area contributed by atoms with Crippen molar-refractivity contribution in [3.63, 3.8) is 0 Å². The number of pyridine rings is 1. The number of hydrogen-bond donors (Lipinski definition) is 3. The summed E-state index contributed by atoms with van der Waals surface area (Å²) in [5.41, 5.74) is 5.95. The van der Waals surface area contributed by atoms with Gasteiger partial charge in [-0.2, -0.15) is 5.10 Å². The number of nitrogens with two attached hydrogens (primary N) is 1. The Balaban J connectivity index is 1.98. The molecular formula is C12H14N6O3. The smallest absolute Gasteiger partial charge is 0.288 e. The van der Waals surface area contributed by atoms with E-state index in [9.17, 15) is 14.9 Å². The number of carbonyl (C=O) groups is 1. The van der Waals surface area contributed by atoms with Crippen molar-refractivity contribution in [2.75, 3.05) is 11.9 Å². The first kappa shape index (κ1) is 14.4. The van der Waals surface area contributed by atoms with E-state index in [4.69, 9.17) is 5.73 Å². The number of hydrogen-bond acceptors (Lipinski definition) is 6. The number of nitrogens with zero attached hydrogens (tertiary/aromatic N) is 3. The number of nitro groups is 1. The third-order valence-corrected chi connectivity index (χ3v) is 2.82. The highest BCUT2D eigenvalue weighted by Gasteiger charge is 2.15. The number of carbonyl (C=O) groups excluding carboxylic acids is 1. The predicted octanol–water partition coefficient (Wildman–Crippen LogP) is 0.856. The molecule has 9 nitrogen and oxygen atoms in total. The summed E-state index contributed by atoms with van der Waals surface area (Å²) in [4.78, 5) is 25.2. The quantitative estimate of drug-likeness (QED) is 0.392. The highest BCUT2D eigenvalue weighted by Crippen LogP contribution is 2.18. The molecule has 110 valence electrons. The average molecular weight is 290 g/mol. The zero-order valence-corrected chi connectivity index (χ0v) is 11.1. The summed E-state index contributed by atoms with van der Waals surface area (Å²) in [7, 11) is 0. The highest BCUT2D eigenvalue weighted by atomic mass is 16.6. The van der Waals surface area contributed by atoms with Crippen molar-refractivity contribution in [3.05, 3.63) is 45.9 Å². The van der Waals surface area contributed by atoms with Crippen LogP contribution < -0.4 is 11.1 Å². The molecule has 0 atom stereocenters. The van der Waals surface area contributed by atoms with Crippen LogP contribution in [0.25, 0.3) is 0 Å². The largest absolute Gasteiger partial charge is 0.369 e. The number of amides is 1. The molecule has 0 aliphatic carbocycles. The summed E-state index contributed by atoms with van der Waals surface area (Å²) in [6.45, 7) is 0.546. The van der Waals surface area contributed by atoms with Gasteiger partial charge in [0.05, 0.1) is 10.5 Å². The fraction of sp³-hybridized carbons (Fsp3) is 0.250. The van der Waals surface area contributed by atoms with E-state index in [0.29, 0.717) is 6.54 Å². The maximum absolute atomic E-state index is 11.3. The predicted molar refractivity (Wildman–Crippen MR) is 74.8 cm³/mol. The third kappa shape index (κ3) is 3.75. The minimum absolute atomic E-state index is 0.00532. The van der Waals surface area contributed by atoms with E-state index in [2.05, 4.69) is 20.5 Å². The van der Waals surface area contributed by atoms with Gasteiger partial charge < -0.3 is 11.1 Å². The molecule has 0 radical (unpaired) electrons. The Bertz CT molecular complexity index is 640. The number of aromatic nitrogens is 3. The van der Waals surface area contributed by atoms with Crippen LogP contribution in [0.15, 0.2) is 24.5 Å². The second-order valence-electron chi connectivity index (χ2n) is 4.32. The first-order valence-corrected chi connectivity index (χ1v) is 6.24. The molecule has 0 saturated carbocycles. The van der Waals surface area contributed by atoms with Crippen LogP contribution in [0.1, 0.15) is 22.5 Å². The Kier molecular flexibility index (Phi) is 4.44. The van der Waals surface area contributed by atoms with Crippen LogP contribution in [-0.4, -0.2) is 32.6 Å². The molecule has 2 aromatic rings. The molecule has 0 unspecified atom stereocenters. The summed E-state index contributed by atoms with van der Waals surface area (Å²) in [5, 5.41) is 20.3. The SMILES string of the molecule is NC(=O)c1cc([N+](=O)[O-])cnc1NCCCc1ccn[nH]1. The van der Waals surface area contributed by atoms with Crippen molar-refractivity contribution in [2.45, 2.75) is 12.8 Å². The fourth-order valence-electron chi connectivity index (χ4n) is 1.79. The molecule has 9 heteroatoms. The molecule has 0 fully saturated rings. The molecule has 1 amide bonds. The zero-order valence-electron chi connectivity index (χ0n) is 11.1. The summed E-state index contributed by atoms with van der Waals surface area (Å²) >= 11 is 0. The number of aromatic amines is 1. The molecule has 0 saturated heterocycles. The van der Waals surface area contributed by atoms with Gasteiger partial charge in [-0.15, -0.1) is 0 Å². The van der Waals surface area contributed by atoms with Crippen LogP contribution in [0.4, 0.5) is 11.5 Å². The molecule has 0 aliphatic rings. The van der Waals surface area contributed by atoms with Gasteiger partial charge in [0.15, 0.2) is 0 Å². The molecule has 4 N–H and O–H groups in total. The van der Waals surface area contributed by atoms with Crippen LogP contribution in [-0.2, 0) is 6.42 Å². The first-order valence-electron chi connectivity index (χ1n) is 6.24. The molecule has 0 aromatic carbocycles. The first-order chi connectivity index (χ1) is 10.1. The van der Waals surface area contributed by atoms with Crippen molar-refractivity contribution < 1.29 is 9.72 Å². The van der Waals surface area contributed by atoms with Crippen molar-refractivity contribution in [3.8, 4) is 0 Å². The summed E-state index contributed by atoms with van der Waals surface area (Å²) in [6.07, 6.45) is 4.32. The number of nitrogens with one attached hydrogen (secondary N) is 2. The lowest BCUT2D eigenvalue weighted by atomic mass is 10.2. The van der Waals surface area contributed by atoms with E-state index in [0.717, 1.165) is 30.8 Å². The van der Waals surface area contributed by atoms with E-state index in [-0.39, 0.29) is 17.1 Å². The van der Waals surface area contributed by atoms with E-state index in [1.54, 1.807) is 6.20 Å². The van der Waals surface area contributed by atoms with Crippen LogP contribution in [0.3, 0.4) is 0 Å². The van der Waals surface area contributed by atoms with E-state index in [1.165, 1.54) is 0 Å². The van der Waals surface area contributed by atoms with Gasteiger partial charge in [-0.05, 0) is 18.9 Å². The Morgan fingerprint density at radius 2 is 2.33 bits per heavy atom. The summed E-state index contributed by atoms with van der Waals surface area (Å²) in [6, 6.07) is 2.99. The van der Waals surface area contributed by atoms with Crippen molar-refractivity contribution >= 4 is 17.4 Å². The lowest BCUT2D eigenvalue weighted by Gasteiger charge is -2.08. The Labute approximate surface area is 119 Å². The number of anilines is 1. The zero-order chi connectivity index (χ0) is 15.2. The van der Waals surface area contributed by atoms with Gasteiger partial charge in [0.25, 0.3) is 11.6 Å². The van der Waals surface area contributed by atoms with E-state index in [1.807, 2.05) is 6.07 Å². The van der Waals surface area contributed by atoms with Crippen molar-refractivity contribution in [2.24, 2.45) is 5.73 Å². The second kappa shape index (κ2) is 6.46. The Morgan fingerprint density at radius 3 is 2.95 bits per heavy atom. The molecule has 21 heavy (non-hydrogen) atoms. The molecule has 2 aromatic heterocycles. The molecule has 0 aliphatic heterocycles. The normalized spacial score (nSPS) is 10.3. The van der Waals surface area contributed by atoms with Gasteiger partial charge in [-0.3, -0.25) is 20.0 Å². The third-order valence-electron chi connectivity index (χ3n) is 2.82. The summed E-state index contributed by atoms with van der Waals surface area (Å²) < 4.78 is 0. The number of H-pyrrole nitrogens is 1.